The van der Waals surface area contributed by atoms with Crippen LogP contribution in [0, 0.1) is 0 Å². The Morgan fingerprint density at radius 1 is 0.821 bits per heavy atom. The van der Waals surface area contributed by atoms with Crippen LogP contribution in [0.2, 0.25) is 0 Å². The van der Waals surface area contributed by atoms with Gasteiger partial charge in [-0.05, 0) is 41.0 Å². The van der Waals surface area contributed by atoms with E-state index in [2.05, 4.69) is 22.1 Å². The Bertz CT molecular complexity index is 1250. The van der Waals surface area contributed by atoms with E-state index in [1.165, 1.54) is 24.6 Å². The second-order valence-corrected chi connectivity index (χ2v) is 8.81. The van der Waals surface area contributed by atoms with E-state index in [0.717, 1.165) is 33.2 Å². The SMILES string of the molecule is CN(C)S(=O)(=O)c1cncc(-c2ccc3nccc(-c4ccccc4)c3c2)c1. The van der Waals surface area contributed by atoms with Crippen LogP contribution in [0.15, 0.2) is 84.1 Å². The topological polar surface area (TPSA) is 63.2 Å². The second kappa shape index (κ2) is 7.14. The number of hydrogen-bond acceptors (Lipinski definition) is 4. The number of pyridine rings is 2. The molecule has 0 bridgehead atoms. The lowest BCUT2D eigenvalue weighted by Gasteiger charge is -2.12. The minimum absolute atomic E-state index is 0.171. The first-order valence-corrected chi connectivity index (χ1v) is 10.2. The molecule has 0 saturated heterocycles. The molecule has 0 N–H and O–H groups in total. The number of sulfonamides is 1. The molecule has 0 spiro atoms. The van der Waals surface area contributed by atoms with Crippen molar-refractivity contribution in [3.05, 3.63) is 79.3 Å². The molecule has 0 radical (unpaired) electrons. The molecular weight excluding hydrogens is 370 g/mol. The van der Waals surface area contributed by atoms with E-state index < -0.39 is 10.0 Å². The Morgan fingerprint density at radius 2 is 1.61 bits per heavy atom. The molecule has 4 rings (SSSR count). The van der Waals surface area contributed by atoms with E-state index in [4.69, 9.17) is 0 Å². The second-order valence-electron chi connectivity index (χ2n) is 6.65. The van der Waals surface area contributed by atoms with Gasteiger partial charge in [-0.3, -0.25) is 9.97 Å². The van der Waals surface area contributed by atoms with Gasteiger partial charge in [-0.2, -0.15) is 0 Å². The highest BCUT2D eigenvalue weighted by Gasteiger charge is 2.18. The van der Waals surface area contributed by atoms with Gasteiger partial charge >= 0.3 is 0 Å². The van der Waals surface area contributed by atoms with Crippen LogP contribution in [0.4, 0.5) is 0 Å². The fraction of sp³-hybridized carbons (Fsp3) is 0.0909. The van der Waals surface area contributed by atoms with Gasteiger partial charge in [0.1, 0.15) is 4.90 Å². The third-order valence-corrected chi connectivity index (χ3v) is 6.43. The Labute approximate surface area is 164 Å². The van der Waals surface area contributed by atoms with Crippen molar-refractivity contribution in [1.29, 1.82) is 0 Å². The normalized spacial score (nSPS) is 11.8. The molecule has 28 heavy (non-hydrogen) atoms. The van der Waals surface area contributed by atoms with E-state index in [-0.39, 0.29) is 4.90 Å². The molecule has 0 aliphatic rings. The molecule has 0 aliphatic heterocycles. The van der Waals surface area contributed by atoms with Gasteiger partial charge in [0.25, 0.3) is 0 Å². The van der Waals surface area contributed by atoms with Gasteiger partial charge in [0.05, 0.1) is 5.52 Å². The number of fused-ring (bicyclic) bond motifs is 1. The lowest BCUT2D eigenvalue weighted by atomic mass is 9.98. The summed E-state index contributed by atoms with van der Waals surface area (Å²) in [6.45, 7) is 0. The van der Waals surface area contributed by atoms with Crippen LogP contribution in [-0.4, -0.2) is 36.8 Å². The van der Waals surface area contributed by atoms with E-state index in [0.29, 0.717) is 0 Å². The van der Waals surface area contributed by atoms with Crippen LogP contribution in [0.25, 0.3) is 33.2 Å². The smallest absolute Gasteiger partial charge is 0.244 e. The summed E-state index contributed by atoms with van der Waals surface area (Å²) in [5.41, 5.74) is 4.70. The summed E-state index contributed by atoms with van der Waals surface area (Å²) in [6.07, 6.45) is 4.85. The van der Waals surface area contributed by atoms with Crippen molar-refractivity contribution in [2.24, 2.45) is 0 Å². The van der Waals surface area contributed by atoms with Crippen molar-refractivity contribution in [2.45, 2.75) is 4.90 Å². The highest BCUT2D eigenvalue weighted by molar-refractivity contribution is 7.89. The van der Waals surface area contributed by atoms with Gasteiger partial charge in [-0.15, -0.1) is 0 Å². The Balaban J connectivity index is 1.88. The zero-order chi connectivity index (χ0) is 19.7. The van der Waals surface area contributed by atoms with E-state index in [1.807, 2.05) is 42.5 Å². The predicted octanol–water partition coefficient (Wildman–Crippen LogP) is 4.21. The largest absolute Gasteiger partial charge is 0.263 e. The van der Waals surface area contributed by atoms with Crippen LogP contribution in [-0.2, 0) is 10.0 Å². The summed E-state index contributed by atoms with van der Waals surface area (Å²) in [5, 5.41) is 1.01. The number of aromatic nitrogens is 2. The van der Waals surface area contributed by atoms with Crippen LogP contribution in [0.1, 0.15) is 0 Å². The standard InChI is InChI=1S/C22H19N3O2S/c1-25(2)28(26,27)19-12-18(14-23-15-19)17-8-9-22-21(13-17)20(10-11-24-22)16-6-4-3-5-7-16/h3-15H,1-2H3. The van der Waals surface area contributed by atoms with Crippen LogP contribution in [0.5, 0.6) is 0 Å². The summed E-state index contributed by atoms with van der Waals surface area (Å²) in [4.78, 5) is 8.78. The Hall–Kier alpha value is -3.09. The fourth-order valence-electron chi connectivity index (χ4n) is 3.12. The van der Waals surface area contributed by atoms with Gasteiger partial charge in [0, 0.05) is 43.6 Å². The summed E-state index contributed by atoms with van der Waals surface area (Å²) >= 11 is 0. The minimum Gasteiger partial charge on any atom is -0.263 e. The van der Waals surface area contributed by atoms with Crippen molar-refractivity contribution in [1.82, 2.24) is 14.3 Å². The van der Waals surface area contributed by atoms with Gasteiger partial charge in [-0.25, -0.2) is 12.7 Å². The monoisotopic (exact) mass is 389 g/mol. The third kappa shape index (κ3) is 3.28. The lowest BCUT2D eigenvalue weighted by molar-refractivity contribution is 0.520. The molecule has 6 heteroatoms. The van der Waals surface area contributed by atoms with Crippen LogP contribution in [0.3, 0.4) is 0 Å². The average Bonchev–Trinajstić information content (AvgIpc) is 2.73. The molecule has 0 fully saturated rings. The first-order chi connectivity index (χ1) is 13.5. The van der Waals surface area contributed by atoms with Gasteiger partial charge in [0.2, 0.25) is 10.0 Å². The van der Waals surface area contributed by atoms with Crippen LogP contribution >= 0.6 is 0 Å². The molecule has 0 amide bonds. The number of benzene rings is 2. The van der Waals surface area contributed by atoms with Crippen molar-refractivity contribution >= 4 is 20.9 Å². The zero-order valence-corrected chi connectivity index (χ0v) is 16.4. The number of nitrogens with zero attached hydrogens (tertiary/aromatic N) is 3. The number of rotatable bonds is 4. The minimum atomic E-state index is -3.54. The van der Waals surface area contributed by atoms with Gasteiger partial charge in [0.15, 0.2) is 0 Å². The summed E-state index contributed by atoms with van der Waals surface area (Å²) in [6, 6.07) is 19.7. The first kappa shape index (κ1) is 18.3. The van der Waals surface area contributed by atoms with Crippen molar-refractivity contribution in [3.63, 3.8) is 0 Å². The summed E-state index contributed by atoms with van der Waals surface area (Å²) in [7, 11) is -0.523. The fourth-order valence-corrected chi connectivity index (χ4v) is 4.02. The first-order valence-electron chi connectivity index (χ1n) is 8.79. The molecule has 0 unspecified atom stereocenters. The van der Waals surface area contributed by atoms with Gasteiger partial charge in [-0.1, -0.05) is 36.4 Å². The van der Waals surface area contributed by atoms with E-state index in [1.54, 1.807) is 18.5 Å². The molecule has 5 nitrogen and oxygen atoms in total. The molecule has 0 atom stereocenters. The maximum Gasteiger partial charge on any atom is 0.244 e. The highest BCUT2D eigenvalue weighted by atomic mass is 32.2. The van der Waals surface area contributed by atoms with Crippen molar-refractivity contribution < 1.29 is 8.42 Å². The van der Waals surface area contributed by atoms with Crippen molar-refractivity contribution in [3.8, 4) is 22.3 Å². The highest BCUT2D eigenvalue weighted by Crippen LogP contribution is 2.31. The Kier molecular flexibility index (Phi) is 4.66. The Morgan fingerprint density at radius 3 is 2.36 bits per heavy atom. The van der Waals surface area contributed by atoms with Gasteiger partial charge < -0.3 is 0 Å². The molecule has 4 aromatic rings. The molecular formula is C22H19N3O2S. The molecule has 0 aliphatic carbocycles. The molecule has 2 heterocycles. The van der Waals surface area contributed by atoms with Crippen molar-refractivity contribution in [2.75, 3.05) is 14.1 Å². The summed E-state index contributed by atoms with van der Waals surface area (Å²) < 4.78 is 26.1. The molecule has 0 saturated carbocycles. The molecule has 2 aromatic carbocycles. The lowest BCUT2D eigenvalue weighted by Crippen LogP contribution is -2.22. The zero-order valence-electron chi connectivity index (χ0n) is 15.6. The third-order valence-electron chi connectivity index (χ3n) is 4.65. The average molecular weight is 389 g/mol. The maximum absolute atomic E-state index is 12.4. The predicted molar refractivity (Wildman–Crippen MR) is 111 cm³/mol. The van der Waals surface area contributed by atoms with E-state index >= 15 is 0 Å². The maximum atomic E-state index is 12.4. The van der Waals surface area contributed by atoms with Crippen LogP contribution < -0.4 is 0 Å². The molecule has 2 aromatic heterocycles. The summed E-state index contributed by atoms with van der Waals surface area (Å²) in [5.74, 6) is 0. The number of hydrogen-bond donors (Lipinski definition) is 0. The quantitative estimate of drug-likeness (QED) is 0.524. The van der Waals surface area contributed by atoms with E-state index in [9.17, 15) is 8.42 Å². The molecule has 140 valence electrons.